The van der Waals surface area contributed by atoms with E-state index < -0.39 is 6.04 Å². The van der Waals surface area contributed by atoms with E-state index in [-0.39, 0.29) is 23.6 Å². The van der Waals surface area contributed by atoms with Crippen molar-refractivity contribution in [2.24, 2.45) is 0 Å². The summed E-state index contributed by atoms with van der Waals surface area (Å²) in [6.45, 7) is 4.84. The quantitative estimate of drug-likeness (QED) is 0.660. The number of nitrogens with one attached hydrogen (secondary N) is 1. The molecule has 3 aromatic rings. The number of phenols is 1. The van der Waals surface area contributed by atoms with Crippen LogP contribution >= 0.6 is 0 Å². The number of hydrogen-bond donors (Lipinski definition) is 2. The fourth-order valence-corrected chi connectivity index (χ4v) is 4.86. The topological polar surface area (TPSA) is 78.5 Å². The number of hydrogen-bond acceptors (Lipinski definition) is 4. The zero-order valence-corrected chi connectivity index (χ0v) is 17.5. The lowest BCUT2D eigenvalue weighted by Crippen LogP contribution is -2.36. The number of rotatable bonds is 4. The summed E-state index contributed by atoms with van der Waals surface area (Å²) in [6.07, 6.45) is 1.74. The number of aromatic hydroxyl groups is 1. The van der Waals surface area contributed by atoms with E-state index in [1.165, 1.54) is 6.07 Å². The number of aryl methyl sites for hydroxylation is 2. The van der Waals surface area contributed by atoms with Crippen molar-refractivity contribution in [1.82, 2.24) is 15.1 Å². The van der Waals surface area contributed by atoms with E-state index in [2.05, 4.69) is 10.2 Å². The lowest BCUT2D eigenvalue weighted by Gasteiger charge is -2.28. The van der Waals surface area contributed by atoms with Crippen LogP contribution in [0.15, 0.2) is 36.4 Å². The van der Waals surface area contributed by atoms with E-state index in [4.69, 9.17) is 4.74 Å². The fourth-order valence-electron chi connectivity index (χ4n) is 4.86. The van der Waals surface area contributed by atoms with Crippen molar-refractivity contribution in [3.8, 4) is 17.0 Å². The molecule has 0 bridgehead atoms. The largest absolute Gasteiger partial charge is 0.507 e. The molecule has 6 nitrogen and oxygen atoms in total. The lowest BCUT2D eigenvalue weighted by atomic mass is 9.93. The van der Waals surface area contributed by atoms with Crippen LogP contribution in [0.2, 0.25) is 0 Å². The van der Waals surface area contributed by atoms with Gasteiger partial charge in [0.15, 0.2) is 0 Å². The summed E-state index contributed by atoms with van der Waals surface area (Å²) in [5, 5.41) is 18.0. The highest BCUT2D eigenvalue weighted by atomic mass is 19.1. The van der Waals surface area contributed by atoms with Crippen LogP contribution < -0.4 is 0 Å². The number of aromatic amines is 1. The Hall–Kier alpha value is -3.19. The minimum atomic E-state index is -0.651. The Morgan fingerprint density at radius 3 is 2.81 bits per heavy atom. The summed E-state index contributed by atoms with van der Waals surface area (Å²) in [5.74, 6) is -0.534. The standard InChI is InChI=1S/C24H24FN3O3/c1-13-10-14(2)19(18(29)11-13)21-20-22(27-26-21)24(30)28(12-15-6-5-9-31-15)23(20)16-7-3-4-8-17(16)25/h3-4,7-8,10-11,15,23,29H,5-6,9,12H2,1-2H3,(H,26,27)/t15-,23-/m1/s1. The average Bonchev–Trinajstić information content (AvgIpc) is 3.43. The Kier molecular flexibility index (Phi) is 4.78. The van der Waals surface area contributed by atoms with Crippen LogP contribution in [-0.4, -0.2) is 45.4 Å². The van der Waals surface area contributed by atoms with Crippen LogP contribution in [0.5, 0.6) is 5.75 Å². The van der Waals surface area contributed by atoms with Crippen molar-refractivity contribution in [3.05, 3.63) is 70.2 Å². The zero-order valence-electron chi connectivity index (χ0n) is 17.5. The van der Waals surface area contributed by atoms with E-state index in [0.29, 0.717) is 41.2 Å². The third kappa shape index (κ3) is 3.20. The maximum atomic E-state index is 15.0. The first-order valence-corrected chi connectivity index (χ1v) is 10.5. The average molecular weight is 421 g/mol. The van der Waals surface area contributed by atoms with Gasteiger partial charge in [-0.05, 0) is 49.9 Å². The summed E-state index contributed by atoms with van der Waals surface area (Å²) >= 11 is 0. The van der Waals surface area contributed by atoms with E-state index >= 15 is 0 Å². The van der Waals surface area contributed by atoms with Crippen LogP contribution in [0.25, 0.3) is 11.3 Å². The second-order valence-electron chi connectivity index (χ2n) is 8.35. The van der Waals surface area contributed by atoms with E-state index in [1.807, 2.05) is 19.9 Å². The van der Waals surface area contributed by atoms with Gasteiger partial charge in [-0.25, -0.2) is 4.39 Å². The van der Waals surface area contributed by atoms with Gasteiger partial charge in [-0.15, -0.1) is 0 Å². The Bertz CT molecular complexity index is 1140. The molecule has 160 valence electrons. The number of H-pyrrole nitrogens is 1. The SMILES string of the molecule is Cc1cc(C)c(-c2n[nH]c3c2[C@@H](c2ccccc2F)N(C[C@H]2CCCO2)C3=O)c(O)c1. The van der Waals surface area contributed by atoms with Gasteiger partial charge in [-0.2, -0.15) is 5.10 Å². The third-order valence-electron chi connectivity index (χ3n) is 6.18. The molecular formula is C24H24FN3O3. The van der Waals surface area contributed by atoms with Crippen LogP contribution in [0, 0.1) is 19.7 Å². The maximum absolute atomic E-state index is 15.0. The maximum Gasteiger partial charge on any atom is 0.273 e. The zero-order chi connectivity index (χ0) is 21.7. The van der Waals surface area contributed by atoms with Crippen LogP contribution in [0.3, 0.4) is 0 Å². The predicted molar refractivity (Wildman–Crippen MR) is 113 cm³/mol. The molecule has 2 aliphatic rings. The highest BCUT2D eigenvalue weighted by Gasteiger charge is 2.44. The summed E-state index contributed by atoms with van der Waals surface area (Å²) in [5.41, 5.74) is 4.12. The van der Waals surface area contributed by atoms with Gasteiger partial charge in [0.1, 0.15) is 23.0 Å². The molecule has 0 unspecified atom stereocenters. The Labute approximate surface area is 179 Å². The lowest BCUT2D eigenvalue weighted by molar-refractivity contribution is 0.0492. The third-order valence-corrected chi connectivity index (χ3v) is 6.18. The van der Waals surface area contributed by atoms with Gasteiger partial charge in [0.2, 0.25) is 0 Å². The van der Waals surface area contributed by atoms with Crippen molar-refractivity contribution < 1.29 is 19.0 Å². The summed E-state index contributed by atoms with van der Waals surface area (Å²) in [4.78, 5) is 15.0. The molecule has 1 amide bonds. The monoisotopic (exact) mass is 421 g/mol. The second kappa shape index (κ2) is 7.50. The molecule has 2 atom stereocenters. The van der Waals surface area contributed by atoms with Gasteiger partial charge in [0.25, 0.3) is 5.91 Å². The minimum Gasteiger partial charge on any atom is -0.507 e. The summed E-state index contributed by atoms with van der Waals surface area (Å²) < 4.78 is 20.7. The Balaban J connectivity index is 1.69. The molecule has 3 heterocycles. The second-order valence-corrected chi connectivity index (χ2v) is 8.35. The number of carbonyl (C=O) groups excluding carboxylic acids is 1. The van der Waals surface area contributed by atoms with Gasteiger partial charge >= 0.3 is 0 Å². The number of halogens is 1. The molecule has 1 aromatic heterocycles. The molecule has 7 heteroatoms. The summed E-state index contributed by atoms with van der Waals surface area (Å²) in [6, 6.07) is 9.46. The number of nitrogens with zero attached hydrogens (tertiary/aromatic N) is 2. The molecule has 0 aliphatic carbocycles. The fraction of sp³-hybridized carbons (Fsp3) is 0.333. The van der Waals surface area contributed by atoms with Crippen molar-refractivity contribution in [2.45, 2.75) is 38.8 Å². The number of phenolic OH excluding ortho intramolecular Hbond substituents is 1. The molecule has 31 heavy (non-hydrogen) atoms. The first-order chi connectivity index (χ1) is 15.0. The van der Waals surface area contributed by atoms with Crippen molar-refractivity contribution in [1.29, 1.82) is 0 Å². The van der Waals surface area contributed by atoms with E-state index in [1.54, 1.807) is 29.2 Å². The van der Waals surface area contributed by atoms with Crippen molar-refractivity contribution >= 4 is 5.91 Å². The molecule has 1 saturated heterocycles. The number of fused-ring (bicyclic) bond motifs is 1. The number of carbonyl (C=O) groups is 1. The van der Waals surface area contributed by atoms with Crippen LogP contribution in [0.1, 0.15) is 51.6 Å². The summed E-state index contributed by atoms with van der Waals surface area (Å²) in [7, 11) is 0. The molecule has 2 aliphatic heterocycles. The van der Waals surface area contributed by atoms with Gasteiger partial charge in [-0.1, -0.05) is 24.3 Å². The number of aromatic nitrogens is 2. The highest BCUT2D eigenvalue weighted by molar-refractivity contribution is 6.00. The van der Waals surface area contributed by atoms with Crippen molar-refractivity contribution in [2.75, 3.05) is 13.2 Å². The van der Waals surface area contributed by atoms with E-state index in [0.717, 1.165) is 24.0 Å². The molecule has 0 radical (unpaired) electrons. The number of amides is 1. The molecule has 0 saturated carbocycles. The molecule has 0 spiro atoms. The van der Waals surface area contributed by atoms with Crippen LogP contribution in [-0.2, 0) is 4.74 Å². The molecule has 1 fully saturated rings. The Morgan fingerprint density at radius 1 is 1.29 bits per heavy atom. The molecular weight excluding hydrogens is 397 g/mol. The normalized spacial score (nSPS) is 20.5. The van der Waals surface area contributed by atoms with Gasteiger partial charge in [0, 0.05) is 29.8 Å². The minimum absolute atomic E-state index is 0.0758. The number of ether oxygens (including phenoxy) is 1. The van der Waals surface area contributed by atoms with Gasteiger partial charge in [-0.3, -0.25) is 9.89 Å². The molecule has 5 rings (SSSR count). The smallest absolute Gasteiger partial charge is 0.273 e. The first-order valence-electron chi connectivity index (χ1n) is 10.5. The first kappa shape index (κ1) is 19.8. The predicted octanol–water partition coefficient (Wildman–Crippen LogP) is 4.26. The van der Waals surface area contributed by atoms with Crippen molar-refractivity contribution in [3.63, 3.8) is 0 Å². The highest BCUT2D eigenvalue weighted by Crippen LogP contribution is 2.46. The Morgan fingerprint density at radius 2 is 2.10 bits per heavy atom. The van der Waals surface area contributed by atoms with Gasteiger partial charge < -0.3 is 14.7 Å². The number of benzene rings is 2. The van der Waals surface area contributed by atoms with Crippen LogP contribution in [0.4, 0.5) is 4.39 Å². The molecule has 2 N–H and O–H groups in total. The molecule has 2 aromatic carbocycles. The van der Waals surface area contributed by atoms with E-state index in [9.17, 15) is 14.3 Å². The van der Waals surface area contributed by atoms with Gasteiger partial charge in [0.05, 0.1) is 12.1 Å².